The number of carbonyl (C=O) groups is 2. The van der Waals surface area contributed by atoms with Crippen LogP contribution in [0.4, 0.5) is 5.69 Å². The molecule has 0 saturated carbocycles. The van der Waals surface area contributed by atoms with E-state index < -0.39 is 0 Å². The van der Waals surface area contributed by atoms with Crippen molar-refractivity contribution in [2.24, 2.45) is 5.92 Å². The first-order valence-corrected chi connectivity index (χ1v) is 12.3. The lowest BCUT2D eigenvalue weighted by molar-refractivity contribution is -0.121. The molecule has 0 radical (unpaired) electrons. The zero-order chi connectivity index (χ0) is 23.5. The second-order valence-electron chi connectivity index (χ2n) is 9.07. The smallest absolute Gasteiger partial charge is 0.253 e. The van der Waals surface area contributed by atoms with Crippen LogP contribution in [0.2, 0.25) is 5.02 Å². The molecule has 5 rings (SSSR count). The van der Waals surface area contributed by atoms with Crippen LogP contribution in [0.1, 0.15) is 48.3 Å². The summed E-state index contributed by atoms with van der Waals surface area (Å²) in [6.45, 7) is 2.02. The molecule has 176 valence electrons. The van der Waals surface area contributed by atoms with Crippen molar-refractivity contribution in [3.05, 3.63) is 64.9 Å². The molecule has 1 fully saturated rings. The van der Waals surface area contributed by atoms with Crippen molar-refractivity contribution in [2.45, 2.75) is 45.1 Å². The molecule has 8 heteroatoms. The van der Waals surface area contributed by atoms with E-state index in [-0.39, 0.29) is 17.7 Å². The van der Waals surface area contributed by atoms with Gasteiger partial charge in [-0.15, -0.1) is 10.2 Å². The zero-order valence-electron chi connectivity index (χ0n) is 19.0. The minimum atomic E-state index is -0.239. The van der Waals surface area contributed by atoms with Crippen LogP contribution in [0.5, 0.6) is 0 Å². The Morgan fingerprint density at radius 2 is 1.71 bits per heavy atom. The molecule has 0 aliphatic carbocycles. The first kappa shape index (κ1) is 22.6. The van der Waals surface area contributed by atoms with Gasteiger partial charge in [-0.1, -0.05) is 18.0 Å². The highest BCUT2D eigenvalue weighted by Crippen LogP contribution is 2.25. The number of likely N-dealkylation sites (tertiary alicyclic amines) is 1. The summed E-state index contributed by atoms with van der Waals surface area (Å²) in [7, 11) is 0. The molecule has 3 aromatic rings. The molecule has 2 amide bonds. The maximum atomic E-state index is 13.0. The van der Waals surface area contributed by atoms with Crippen molar-refractivity contribution < 1.29 is 9.59 Å². The lowest BCUT2D eigenvalue weighted by Gasteiger charge is -2.32. The van der Waals surface area contributed by atoms with Crippen molar-refractivity contribution in [3.8, 4) is 11.4 Å². The largest absolute Gasteiger partial charge is 0.338 e. The summed E-state index contributed by atoms with van der Waals surface area (Å²) < 4.78 is 2.22. The number of rotatable bonds is 4. The van der Waals surface area contributed by atoms with Gasteiger partial charge >= 0.3 is 0 Å². The van der Waals surface area contributed by atoms with E-state index in [0.717, 1.165) is 61.5 Å². The Kier molecular flexibility index (Phi) is 6.63. The summed E-state index contributed by atoms with van der Waals surface area (Å²) in [4.78, 5) is 27.6. The van der Waals surface area contributed by atoms with Crippen LogP contribution in [0.3, 0.4) is 0 Å². The van der Waals surface area contributed by atoms with Crippen molar-refractivity contribution in [2.75, 3.05) is 18.4 Å². The molecule has 1 aromatic heterocycles. The molecule has 0 bridgehead atoms. The summed E-state index contributed by atoms with van der Waals surface area (Å²) in [5, 5.41) is 12.4. The predicted molar refractivity (Wildman–Crippen MR) is 132 cm³/mol. The number of halogens is 1. The molecule has 2 aliphatic rings. The van der Waals surface area contributed by atoms with Gasteiger partial charge in [-0.3, -0.25) is 9.59 Å². The Hall–Kier alpha value is -3.19. The third-order valence-electron chi connectivity index (χ3n) is 6.69. The SMILES string of the molecule is O=C(Nc1ccc(-c2nnc3n2CCCCC3)cc1)[C@@H]1CCCN(C(=O)c2ccc(Cl)cc2)C1. The number of hydrogen-bond donors (Lipinski definition) is 1. The van der Waals surface area contributed by atoms with E-state index in [1.807, 2.05) is 24.3 Å². The molecule has 0 unspecified atom stereocenters. The average molecular weight is 478 g/mol. The van der Waals surface area contributed by atoms with E-state index in [2.05, 4.69) is 20.1 Å². The van der Waals surface area contributed by atoms with E-state index in [0.29, 0.717) is 23.7 Å². The van der Waals surface area contributed by atoms with Gasteiger partial charge in [-0.25, -0.2) is 0 Å². The van der Waals surface area contributed by atoms with Gasteiger partial charge in [-0.2, -0.15) is 0 Å². The van der Waals surface area contributed by atoms with E-state index in [9.17, 15) is 9.59 Å². The highest BCUT2D eigenvalue weighted by molar-refractivity contribution is 6.30. The molecule has 1 N–H and O–H groups in total. The van der Waals surface area contributed by atoms with Crippen molar-refractivity contribution in [3.63, 3.8) is 0 Å². The number of aromatic nitrogens is 3. The molecule has 3 heterocycles. The van der Waals surface area contributed by atoms with E-state index in [4.69, 9.17) is 11.6 Å². The summed E-state index contributed by atoms with van der Waals surface area (Å²) in [6.07, 6.45) is 6.06. The molecule has 1 saturated heterocycles. The Bertz CT molecular complexity index is 1170. The number of fused-ring (bicyclic) bond motifs is 1. The number of hydrogen-bond acceptors (Lipinski definition) is 4. The van der Waals surface area contributed by atoms with Gasteiger partial charge in [0, 0.05) is 47.9 Å². The van der Waals surface area contributed by atoms with Gasteiger partial charge in [0.2, 0.25) is 5.91 Å². The van der Waals surface area contributed by atoms with Gasteiger partial charge in [0.05, 0.1) is 5.92 Å². The Morgan fingerprint density at radius 1 is 0.912 bits per heavy atom. The zero-order valence-corrected chi connectivity index (χ0v) is 19.8. The molecule has 0 spiro atoms. The summed E-state index contributed by atoms with van der Waals surface area (Å²) in [6, 6.07) is 14.7. The Morgan fingerprint density at radius 3 is 2.50 bits per heavy atom. The van der Waals surface area contributed by atoms with Gasteiger partial charge in [-0.05, 0) is 74.2 Å². The van der Waals surface area contributed by atoms with E-state index in [1.54, 1.807) is 29.2 Å². The van der Waals surface area contributed by atoms with Crippen LogP contribution < -0.4 is 5.32 Å². The lowest BCUT2D eigenvalue weighted by Crippen LogP contribution is -2.43. The molecule has 2 aromatic carbocycles. The number of piperidine rings is 1. The topological polar surface area (TPSA) is 80.1 Å². The van der Waals surface area contributed by atoms with Crippen molar-refractivity contribution >= 4 is 29.1 Å². The van der Waals surface area contributed by atoms with Crippen LogP contribution in [0, 0.1) is 5.92 Å². The molecule has 1 atom stereocenters. The number of anilines is 1. The molecular formula is C26H28ClN5O2. The molecule has 2 aliphatic heterocycles. The van der Waals surface area contributed by atoms with Crippen molar-refractivity contribution in [1.82, 2.24) is 19.7 Å². The minimum absolute atomic E-state index is 0.0577. The first-order valence-electron chi connectivity index (χ1n) is 12.0. The predicted octanol–water partition coefficient (Wildman–Crippen LogP) is 4.82. The second kappa shape index (κ2) is 9.97. The van der Waals surface area contributed by atoms with Crippen LogP contribution in [-0.4, -0.2) is 44.6 Å². The quantitative estimate of drug-likeness (QED) is 0.584. The fourth-order valence-electron chi connectivity index (χ4n) is 4.80. The maximum absolute atomic E-state index is 13.0. The molecule has 34 heavy (non-hydrogen) atoms. The number of amides is 2. The van der Waals surface area contributed by atoms with E-state index >= 15 is 0 Å². The number of benzene rings is 2. The minimum Gasteiger partial charge on any atom is -0.338 e. The monoisotopic (exact) mass is 477 g/mol. The van der Waals surface area contributed by atoms with Crippen molar-refractivity contribution in [1.29, 1.82) is 0 Å². The fourth-order valence-corrected chi connectivity index (χ4v) is 4.92. The third-order valence-corrected chi connectivity index (χ3v) is 6.94. The number of aryl methyl sites for hydroxylation is 1. The summed E-state index contributed by atoms with van der Waals surface area (Å²) in [5.41, 5.74) is 2.33. The van der Waals surface area contributed by atoms with Gasteiger partial charge in [0.25, 0.3) is 5.91 Å². The summed E-state index contributed by atoms with van der Waals surface area (Å²) >= 11 is 5.93. The number of nitrogens with one attached hydrogen (secondary N) is 1. The molecular weight excluding hydrogens is 450 g/mol. The van der Waals surface area contributed by atoms with Crippen LogP contribution in [-0.2, 0) is 17.8 Å². The van der Waals surface area contributed by atoms with Crippen LogP contribution in [0.25, 0.3) is 11.4 Å². The highest BCUT2D eigenvalue weighted by atomic mass is 35.5. The van der Waals surface area contributed by atoms with Crippen LogP contribution >= 0.6 is 11.6 Å². The van der Waals surface area contributed by atoms with Gasteiger partial charge in [0.15, 0.2) is 5.82 Å². The Labute approximate surface area is 204 Å². The highest BCUT2D eigenvalue weighted by Gasteiger charge is 2.29. The van der Waals surface area contributed by atoms with Crippen LogP contribution in [0.15, 0.2) is 48.5 Å². The fraction of sp³-hybridized carbons (Fsp3) is 0.385. The average Bonchev–Trinajstić information content (AvgIpc) is 3.12. The maximum Gasteiger partial charge on any atom is 0.253 e. The summed E-state index contributed by atoms with van der Waals surface area (Å²) in [5.74, 6) is 1.58. The standard InChI is InChI=1S/C26H28ClN5O2/c27-21-11-7-19(8-12-21)26(34)31-15-4-5-20(17-31)25(33)28-22-13-9-18(10-14-22)24-30-29-23-6-2-1-3-16-32(23)24/h7-14,20H,1-6,15-17H2,(H,28,33)/t20-/m1/s1. The second-order valence-corrected chi connectivity index (χ2v) is 9.50. The third kappa shape index (κ3) is 4.85. The van der Waals surface area contributed by atoms with E-state index in [1.165, 1.54) is 6.42 Å². The van der Waals surface area contributed by atoms with Gasteiger partial charge in [0.1, 0.15) is 5.82 Å². The molecule has 7 nitrogen and oxygen atoms in total. The normalized spacial score (nSPS) is 18.1. The first-order chi connectivity index (χ1) is 16.6. The number of carbonyl (C=O) groups excluding carboxylic acids is 2. The Balaban J connectivity index is 1.22. The lowest BCUT2D eigenvalue weighted by atomic mass is 9.96. The number of nitrogens with zero attached hydrogens (tertiary/aromatic N) is 4. The van der Waals surface area contributed by atoms with Gasteiger partial charge < -0.3 is 14.8 Å².